The van der Waals surface area contributed by atoms with Gasteiger partial charge in [-0.3, -0.25) is 4.79 Å². The maximum Gasteiger partial charge on any atom is 0.265 e. The van der Waals surface area contributed by atoms with Crippen LogP contribution in [-0.4, -0.2) is 18.7 Å². The number of nitrogens with zero attached hydrogens (tertiary/aromatic N) is 1. The van der Waals surface area contributed by atoms with Gasteiger partial charge in [-0.05, 0) is 53.3 Å². The van der Waals surface area contributed by atoms with Gasteiger partial charge in [-0.25, -0.2) is 0 Å². The topological polar surface area (TPSA) is 50.7 Å². The van der Waals surface area contributed by atoms with Gasteiger partial charge in [0.2, 0.25) is 0 Å². The van der Waals surface area contributed by atoms with E-state index in [0.29, 0.717) is 0 Å². The zero-order chi connectivity index (χ0) is 15.1. The first-order chi connectivity index (χ1) is 10.1. The summed E-state index contributed by atoms with van der Waals surface area (Å²) in [6.07, 6.45) is 1.58. The molecule has 0 saturated carbocycles. The number of hydrogen-bond donors (Lipinski definition) is 1. The van der Waals surface area contributed by atoms with Crippen LogP contribution in [0.25, 0.3) is 0 Å². The molecule has 2 aromatic rings. The van der Waals surface area contributed by atoms with Crippen molar-refractivity contribution >= 4 is 40.4 Å². The summed E-state index contributed by atoms with van der Waals surface area (Å²) in [5.74, 6) is -0.238. The molecule has 0 heterocycles. The van der Waals surface area contributed by atoms with E-state index in [1.807, 2.05) is 55.5 Å². The van der Waals surface area contributed by atoms with Crippen molar-refractivity contribution < 1.29 is 9.63 Å². The molecule has 4 nitrogen and oxygen atoms in total. The molecule has 0 aliphatic heterocycles. The minimum atomic E-state index is -0.238. The maximum absolute atomic E-state index is 11.7. The van der Waals surface area contributed by atoms with E-state index in [-0.39, 0.29) is 12.5 Å². The highest BCUT2D eigenvalue weighted by atomic mass is 127. The third kappa shape index (κ3) is 5.55. The van der Waals surface area contributed by atoms with Gasteiger partial charge in [0.05, 0.1) is 6.21 Å². The molecule has 0 fully saturated rings. The number of anilines is 1. The molecule has 21 heavy (non-hydrogen) atoms. The monoisotopic (exact) mass is 394 g/mol. The van der Waals surface area contributed by atoms with Crippen molar-refractivity contribution in [2.45, 2.75) is 6.92 Å². The number of oxime groups is 1. The van der Waals surface area contributed by atoms with Crippen LogP contribution in [0.2, 0.25) is 0 Å². The second-order valence-electron chi connectivity index (χ2n) is 4.48. The average molecular weight is 394 g/mol. The number of aryl methyl sites for hydroxylation is 1. The van der Waals surface area contributed by atoms with Crippen LogP contribution in [0.4, 0.5) is 5.69 Å². The van der Waals surface area contributed by atoms with E-state index in [9.17, 15) is 4.79 Å². The fourth-order valence-corrected chi connectivity index (χ4v) is 2.15. The largest absolute Gasteiger partial charge is 0.386 e. The summed E-state index contributed by atoms with van der Waals surface area (Å²) < 4.78 is 1.06. The summed E-state index contributed by atoms with van der Waals surface area (Å²) in [6, 6.07) is 15.4. The normalized spacial score (nSPS) is 10.6. The number of carbonyl (C=O) groups excluding carboxylic acids is 1. The predicted octanol–water partition coefficient (Wildman–Crippen LogP) is 3.59. The van der Waals surface area contributed by atoms with Gasteiger partial charge in [-0.2, -0.15) is 0 Å². The van der Waals surface area contributed by atoms with Crippen molar-refractivity contribution in [1.29, 1.82) is 0 Å². The molecule has 5 heteroatoms. The van der Waals surface area contributed by atoms with Gasteiger partial charge in [0.25, 0.3) is 5.91 Å². The number of halogens is 1. The number of amides is 1. The van der Waals surface area contributed by atoms with Crippen LogP contribution in [0.3, 0.4) is 0 Å². The van der Waals surface area contributed by atoms with E-state index in [0.717, 1.165) is 14.8 Å². The fourth-order valence-electron chi connectivity index (χ4n) is 1.61. The summed E-state index contributed by atoms with van der Waals surface area (Å²) in [5, 5.41) is 6.53. The minimum Gasteiger partial charge on any atom is -0.386 e. The van der Waals surface area contributed by atoms with E-state index >= 15 is 0 Å². The lowest BCUT2D eigenvalue weighted by molar-refractivity contribution is -0.120. The summed E-state index contributed by atoms with van der Waals surface area (Å²) in [4.78, 5) is 16.7. The van der Waals surface area contributed by atoms with Gasteiger partial charge < -0.3 is 10.2 Å². The Kier molecular flexibility index (Phi) is 5.74. The zero-order valence-electron chi connectivity index (χ0n) is 11.5. The molecule has 0 atom stereocenters. The van der Waals surface area contributed by atoms with Gasteiger partial charge in [0, 0.05) is 9.26 Å². The van der Waals surface area contributed by atoms with Crippen molar-refractivity contribution in [2.75, 3.05) is 11.9 Å². The Labute approximate surface area is 137 Å². The molecular weight excluding hydrogens is 379 g/mol. The van der Waals surface area contributed by atoms with E-state index < -0.39 is 0 Å². The van der Waals surface area contributed by atoms with Crippen LogP contribution < -0.4 is 5.32 Å². The van der Waals surface area contributed by atoms with Gasteiger partial charge in [-0.15, -0.1) is 0 Å². The van der Waals surface area contributed by atoms with Crippen LogP contribution >= 0.6 is 22.6 Å². The Morgan fingerprint density at radius 1 is 1.29 bits per heavy atom. The van der Waals surface area contributed by atoms with Gasteiger partial charge >= 0.3 is 0 Å². The first kappa shape index (κ1) is 15.5. The Morgan fingerprint density at radius 3 is 2.76 bits per heavy atom. The molecule has 0 radical (unpaired) electrons. The van der Waals surface area contributed by atoms with Gasteiger partial charge in [0.1, 0.15) is 0 Å². The molecule has 0 bridgehead atoms. The molecule has 0 aliphatic carbocycles. The lowest BCUT2D eigenvalue weighted by Crippen LogP contribution is -2.16. The predicted molar refractivity (Wildman–Crippen MR) is 92.5 cm³/mol. The first-order valence-corrected chi connectivity index (χ1v) is 7.49. The molecule has 108 valence electrons. The second-order valence-corrected chi connectivity index (χ2v) is 5.72. The number of carbonyl (C=O) groups is 1. The third-order valence-electron chi connectivity index (χ3n) is 2.66. The molecule has 1 N–H and O–H groups in total. The molecule has 0 aliphatic rings. The van der Waals surface area contributed by atoms with Crippen molar-refractivity contribution in [3.8, 4) is 0 Å². The van der Waals surface area contributed by atoms with Crippen LogP contribution in [0.5, 0.6) is 0 Å². The standard InChI is InChI=1S/C16H15IN2O2/c1-12-5-7-13(8-6-12)10-18-21-11-16(20)19-15-4-2-3-14(17)9-15/h2-10H,11H2,1H3,(H,19,20)/b18-10-. The summed E-state index contributed by atoms with van der Waals surface area (Å²) in [6.45, 7) is 1.90. The van der Waals surface area contributed by atoms with Crippen molar-refractivity contribution in [2.24, 2.45) is 5.16 Å². The summed E-state index contributed by atoms with van der Waals surface area (Å²) >= 11 is 2.19. The van der Waals surface area contributed by atoms with E-state index in [1.54, 1.807) is 6.21 Å². The van der Waals surface area contributed by atoms with E-state index in [1.165, 1.54) is 5.56 Å². The highest BCUT2D eigenvalue weighted by Crippen LogP contribution is 2.12. The average Bonchev–Trinajstić information content (AvgIpc) is 2.45. The highest BCUT2D eigenvalue weighted by Gasteiger charge is 2.02. The quantitative estimate of drug-likeness (QED) is 0.479. The number of nitrogens with one attached hydrogen (secondary N) is 1. The van der Waals surface area contributed by atoms with Gasteiger partial charge in [-0.1, -0.05) is 41.1 Å². The minimum absolute atomic E-state index is 0.117. The van der Waals surface area contributed by atoms with Crippen LogP contribution in [-0.2, 0) is 9.63 Å². The Hall–Kier alpha value is -1.89. The molecule has 0 spiro atoms. The summed E-state index contributed by atoms with van der Waals surface area (Å²) in [7, 11) is 0. The fraction of sp³-hybridized carbons (Fsp3) is 0.125. The lowest BCUT2D eigenvalue weighted by atomic mass is 10.2. The van der Waals surface area contributed by atoms with E-state index in [4.69, 9.17) is 4.84 Å². The molecule has 0 saturated heterocycles. The Balaban J connectivity index is 1.78. The second kappa shape index (κ2) is 7.78. The van der Waals surface area contributed by atoms with Crippen molar-refractivity contribution in [1.82, 2.24) is 0 Å². The zero-order valence-corrected chi connectivity index (χ0v) is 13.7. The molecule has 0 unspecified atom stereocenters. The Morgan fingerprint density at radius 2 is 2.05 bits per heavy atom. The third-order valence-corrected chi connectivity index (χ3v) is 3.33. The van der Waals surface area contributed by atoms with E-state index in [2.05, 4.69) is 33.1 Å². The SMILES string of the molecule is Cc1ccc(/C=N\OCC(=O)Nc2cccc(I)c2)cc1. The summed E-state index contributed by atoms with van der Waals surface area (Å²) in [5.41, 5.74) is 2.86. The van der Waals surface area contributed by atoms with Crippen LogP contribution in [0, 0.1) is 10.5 Å². The molecular formula is C16H15IN2O2. The maximum atomic E-state index is 11.7. The first-order valence-electron chi connectivity index (χ1n) is 6.41. The van der Waals surface area contributed by atoms with Gasteiger partial charge in [0.15, 0.2) is 6.61 Å². The number of benzene rings is 2. The number of hydrogen-bond acceptors (Lipinski definition) is 3. The van der Waals surface area contributed by atoms with Crippen molar-refractivity contribution in [3.05, 3.63) is 63.2 Å². The molecule has 2 aromatic carbocycles. The molecule has 1 amide bonds. The number of rotatable bonds is 5. The lowest BCUT2D eigenvalue weighted by Gasteiger charge is -2.04. The highest BCUT2D eigenvalue weighted by molar-refractivity contribution is 14.1. The molecule has 2 rings (SSSR count). The smallest absolute Gasteiger partial charge is 0.265 e. The van der Waals surface area contributed by atoms with Crippen LogP contribution in [0.1, 0.15) is 11.1 Å². The molecule has 0 aromatic heterocycles. The van der Waals surface area contributed by atoms with Crippen molar-refractivity contribution in [3.63, 3.8) is 0 Å². The Bertz CT molecular complexity index is 639. The van der Waals surface area contributed by atoms with Crippen LogP contribution in [0.15, 0.2) is 53.7 Å².